The van der Waals surface area contributed by atoms with E-state index >= 15 is 0 Å². The third-order valence-electron chi connectivity index (χ3n) is 7.85. The molecule has 0 radical (unpaired) electrons. The van der Waals surface area contributed by atoms with E-state index < -0.39 is 0 Å². The largest absolute Gasteiger partial charge is 0.309 e. The molecule has 0 N–H and O–H groups in total. The van der Waals surface area contributed by atoms with E-state index in [2.05, 4.69) is 108 Å². The summed E-state index contributed by atoms with van der Waals surface area (Å²) in [6.07, 6.45) is 3.62. The molecule has 3 nitrogen and oxygen atoms in total. The average molecular weight is 502 g/mol. The van der Waals surface area contributed by atoms with Crippen LogP contribution in [0.15, 0.2) is 116 Å². The molecule has 0 aliphatic rings. The SMILES string of the molecule is c1ccc(-n2c3ccccc3c3c4c5cc6c(cc5c5nccnc5c4ccc32)sc2ccccc26)cc1. The molecule has 0 amide bonds. The lowest BCUT2D eigenvalue weighted by Crippen LogP contribution is -1.93. The highest BCUT2D eigenvalue weighted by Crippen LogP contribution is 2.45. The van der Waals surface area contributed by atoms with Crippen LogP contribution in [0.3, 0.4) is 0 Å². The van der Waals surface area contributed by atoms with Crippen molar-refractivity contribution in [3.05, 3.63) is 116 Å². The number of hydrogen-bond acceptors (Lipinski definition) is 3. The van der Waals surface area contributed by atoms with Crippen LogP contribution in [0.4, 0.5) is 0 Å². The van der Waals surface area contributed by atoms with Gasteiger partial charge < -0.3 is 4.57 Å². The van der Waals surface area contributed by atoms with Gasteiger partial charge in [-0.15, -0.1) is 11.3 Å². The van der Waals surface area contributed by atoms with Gasteiger partial charge in [-0.1, -0.05) is 54.6 Å². The van der Waals surface area contributed by atoms with Gasteiger partial charge in [-0.3, -0.25) is 9.97 Å². The summed E-state index contributed by atoms with van der Waals surface area (Å²) in [5, 5.41) is 9.88. The number of hydrogen-bond donors (Lipinski definition) is 0. The number of benzene rings is 6. The standard InChI is InChI=1S/C34H19N3S/c1-2-8-20(9-3-1)37-27-12-6-4-11-22(27)32-28(37)15-14-23-31(32)25-18-24-21-10-5-7-13-29(21)38-30(24)19-26(25)34-33(23)35-16-17-36-34/h1-19H. The summed E-state index contributed by atoms with van der Waals surface area (Å²) in [4.78, 5) is 9.72. The minimum absolute atomic E-state index is 0.953. The van der Waals surface area contributed by atoms with Crippen LogP contribution >= 0.6 is 11.3 Å². The van der Waals surface area contributed by atoms with Crippen LogP contribution in [0.2, 0.25) is 0 Å². The van der Waals surface area contributed by atoms with Crippen molar-refractivity contribution in [3.63, 3.8) is 0 Å². The van der Waals surface area contributed by atoms with Crippen LogP contribution < -0.4 is 0 Å². The van der Waals surface area contributed by atoms with Crippen LogP contribution in [0, 0.1) is 0 Å². The monoisotopic (exact) mass is 501 g/mol. The lowest BCUT2D eigenvalue weighted by Gasteiger charge is -2.12. The minimum Gasteiger partial charge on any atom is -0.309 e. The minimum atomic E-state index is 0.953. The van der Waals surface area contributed by atoms with Crippen molar-refractivity contribution in [2.75, 3.05) is 0 Å². The van der Waals surface area contributed by atoms with Crippen molar-refractivity contribution < 1.29 is 0 Å². The number of aromatic nitrogens is 3. The molecule has 0 saturated heterocycles. The fourth-order valence-electron chi connectivity index (χ4n) is 6.30. The van der Waals surface area contributed by atoms with Gasteiger partial charge >= 0.3 is 0 Å². The second-order valence-corrected chi connectivity index (χ2v) is 10.9. The van der Waals surface area contributed by atoms with E-state index in [1.54, 1.807) is 0 Å². The van der Waals surface area contributed by atoms with E-state index in [1.807, 2.05) is 23.7 Å². The van der Waals surface area contributed by atoms with Crippen LogP contribution in [0.5, 0.6) is 0 Å². The summed E-state index contributed by atoms with van der Waals surface area (Å²) >= 11 is 1.85. The highest BCUT2D eigenvalue weighted by Gasteiger charge is 2.20. The van der Waals surface area contributed by atoms with E-state index in [0.29, 0.717) is 0 Å². The van der Waals surface area contributed by atoms with Crippen LogP contribution in [0.25, 0.3) is 80.2 Å². The first-order valence-electron chi connectivity index (χ1n) is 12.8. The molecular weight excluding hydrogens is 482 g/mol. The third-order valence-corrected chi connectivity index (χ3v) is 8.98. The van der Waals surface area contributed by atoms with E-state index in [0.717, 1.165) is 27.5 Å². The predicted molar refractivity (Wildman–Crippen MR) is 162 cm³/mol. The Labute approximate surface area is 221 Å². The van der Waals surface area contributed by atoms with E-state index in [9.17, 15) is 0 Å². The van der Waals surface area contributed by atoms with Crippen molar-refractivity contribution in [2.24, 2.45) is 0 Å². The summed E-state index contributed by atoms with van der Waals surface area (Å²) in [5.74, 6) is 0. The molecule has 6 aromatic carbocycles. The van der Waals surface area contributed by atoms with Gasteiger partial charge in [-0.25, -0.2) is 0 Å². The number of thiophene rings is 1. The Morgan fingerprint density at radius 3 is 2.08 bits per heavy atom. The molecule has 0 spiro atoms. The van der Waals surface area contributed by atoms with Gasteiger partial charge in [0.05, 0.1) is 22.1 Å². The van der Waals surface area contributed by atoms with Crippen molar-refractivity contribution >= 4 is 85.9 Å². The molecule has 3 heterocycles. The zero-order chi connectivity index (χ0) is 24.8. The van der Waals surface area contributed by atoms with Gasteiger partial charge in [-0.2, -0.15) is 0 Å². The second-order valence-electron chi connectivity index (χ2n) is 9.82. The molecule has 0 aliphatic carbocycles. The molecular formula is C34H19N3S. The molecule has 0 aliphatic heterocycles. The maximum Gasteiger partial charge on any atom is 0.0972 e. The quantitative estimate of drug-likeness (QED) is 0.210. The van der Waals surface area contributed by atoms with Gasteiger partial charge in [0.1, 0.15) is 0 Å². The Kier molecular flexibility index (Phi) is 3.93. The van der Waals surface area contributed by atoms with Crippen LogP contribution in [-0.4, -0.2) is 14.5 Å². The van der Waals surface area contributed by atoms with Gasteiger partial charge in [0.15, 0.2) is 0 Å². The van der Waals surface area contributed by atoms with Gasteiger partial charge in [0.25, 0.3) is 0 Å². The first-order valence-corrected chi connectivity index (χ1v) is 13.6. The molecule has 0 unspecified atom stereocenters. The normalized spacial score (nSPS) is 12.2. The molecule has 4 heteroatoms. The predicted octanol–water partition coefficient (Wildman–Crippen LogP) is 9.40. The maximum atomic E-state index is 4.87. The van der Waals surface area contributed by atoms with Crippen molar-refractivity contribution in [1.29, 1.82) is 0 Å². The van der Waals surface area contributed by atoms with Crippen LogP contribution in [-0.2, 0) is 0 Å². The maximum absolute atomic E-state index is 4.87. The Balaban J connectivity index is 1.60. The molecule has 3 aromatic heterocycles. The number of fused-ring (bicyclic) bond motifs is 13. The van der Waals surface area contributed by atoms with Crippen molar-refractivity contribution in [3.8, 4) is 5.69 Å². The first-order chi connectivity index (χ1) is 18.9. The zero-order valence-electron chi connectivity index (χ0n) is 20.2. The zero-order valence-corrected chi connectivity index (χ0v) is 21.0. The van der Waals surface area contributed by atoms with Gasteiger partial charge in [0.2, 0.25) is 0 Å². The molecule has 0 bridgehead atoms. The lowest BCUT2D eigenvalue weighted by molar-refractivity contribution is 1.18. The molecule has 0 saturated carbocycles. The van der Waals surface area contributed by atoms with Gasteiger partial charge in [-0.05, 0) is 53.9 Å². The molecule has 0 fully saturated rings. The molecule has 38 heavy (non-hydrogen) atoms. The Hall–Kier alpha value is -4.80. The van der Waals surface area contributed by atoms with Crippen molar-refractivity contribution in [2.45, 2.75) is 0 Å². The van der Waals surface area contributed by atoms with E-state index in [-0.39, 0.29) is 0 Å². The Morgan fingerprint density at radius 1 is 0.474 bits per heavy atom. The van der Waals surface area contributed by atoms with E-state index in [4.69, 9.17) is 9.97 Å². The fourth-order valence-corrected chi connectivity index (χ4v) is 7.43. The first kappa shape index (κ1) is 20.3. The highest BCUT2D eigenvalue weighted by molar-refractivity contribution is 7.25. The second kappa shape index (κ2) is 7.37. The average Bonchev–Trinajstić information content (AvgIpc) is 3.52. The molecule has 176 valence electrons. The highest BCUT2D eigenvalue weighted by atomic mass is 32.1. The van der Waals surface area contributed by atoms with Crippen molar-refractivity contribution in [1.82, 2.24) is 14.5 Å². The summed E-state index contributed by atoms with van der Waals surface area (Å²) in [6.45, 7) is 0. The summed E-state index contributed by atoms with van der Waals surface area (Å²) in [5.41, 5.74) is 5.48. The Morgan fingerprint density at radius 2 is 1.21 bits per heavy atom. The summed E-state index contributed by atoms with van der Waals surface area (Å²) in [7, 11) is 0. The molecule has 9 aromatic rings. The third kappa shape index (κ3) is 2.57. The van der Waals surface area contributed by atoms with E-state index in [1.165, 1.54) is 52.8 Å². The lowest BCUT2D eigenvalue weighted by atomic mass is 9.94. The number of nitrogens with zero attached hydrogens (tertiary/aromatic N) is 3. The number of para-hydroxylation sites is 2. The van der Waals surface area contributed by atoms with Gasteiger partial charge in [0, 0.05) is 65.2 Å². The topological polar surface area (TPSA) is 30.7 Å². The fraction of sp³-hybridized carbons (Fsp3) is 0. The smallest absolute Gasteiger partial charge is 0.0972 e. The Bertz CT molecular complexity index is 2400. The molecule has 0 atom stereocenters. The number of rotatable bonds is 1. The summed E-state index contributed by atoms with van der Waals surface area (Å²) < 4.78 is 4.97. The molecule has 9 rings (SSSR count). The summed E-state index contributed by atoms with van der Waals surface area (Å²) in [6, 6.07) is 37.3. The van der Waals surface area contributed by atoms with Crippen LogP contribution in [0.1, 0.15) is 0 Å².